The number of carbonyl (C=O) groups is 2. The van der Waals surface area contributed by atoms with Crippen molar-refractivity contribution in [3.8, 4) is 0 Å². The van der Waals surface area contributed by atoms with Crippen LogP contribution in [0, 0.1) is 11.8 Å². The number of benzene rings is 3. The summed E-state index contributed by atoms with van der Waals surface area (Å²) in [6.45, 7) is 0. The molecular weight excluding hydrogens is 405 g/mol. The van der Waals surface area contributed by atoms with E-state index in [4.69, 9.17) is 23.2 Å². The first-order chi connectivity index (χ1) is 14.0. The maximum absolute atomic E-state index is 13.7. The number of imide groups is 1. The Morgan fingerprint density at radius 1 is 0.759 bits per heavy atom. The van der Waals surface area contributed by atoms with Crippen molar-refractivity contribution in [3.63, 3.8) is 0 Å². The first kappa shape index (κ1) is 17.3. The van der Waals surface area contributed by atoms with Gasteiger partial charge in [-0.2, -0.15) is 0 Å². The molecular formula is C24H15Cl2NO2. The van der Waals surface area contributed by atoms with Gasteiger partial charge in [0.05, 0.1) is 22.5 Å². The molecule has 4 aliphatic rings. The molecule has 7 rings (SSSR count). The molecule has 1 aliphatic heterocycles. The van der Waals surface area contributed by atoms with Crippen LogP contribution in [0.5, 0.6) is 0 Å². The maximum Gasteiger partial charge on any atom is 0.240 e. The average molecular weight is 420 g/mol. The average Bonchev–Trinajstić information content (AvgIpc) is 3.01. The molecule has 5 heteroatoms. The van der Waals surface area contributed by atoms with E-state index in [-0.39, 0.29) is 17.7 Å². The number of anilines is 1. The second-order valence-corrected chi connectivity index (χ2v) is 8.83. The number of nitrogens with zero attached hydrogens (tertiary/aromatic N) is 1. The van der Waals surface area contributed by atoms with E-state index in [9.17, 15) is 9.59 Å². The number of rotatable bonds is 1. The number of alkyl halides is 1. The molecule has 3 aliphatic carbocycles. The highest BCUT2D eigenvalue weighted by Crippen LogP contribution is 2.66. The van der Waals surface area contributed by atoms with Crippen LogP contribution in [0.15, 0.2) is 72.8 Å². The van der Waals surface area contributed by atoms with Crippen molar-refractivity contribution < 1.29 is 9.59 Å². The van der Waals surface area contributed by atoms with Gasteiger partial charge in [-0.1, -0.05) is 72.3 Å². The van der Waals surface area contributed by atoms with Crippen LogP contribution < -0.4 is 4.90 Å². The molecule has 1 heterocycles. The molecule has 0 aromatic heterocycles. The third-order valence-electron chi connectivity index (χ3n) is 6.61. The monoisotopic (exact) mass is 419 g/mol. The largest absolute Gasteiger partial charge is 0.274 e. The summed E-state index contributed by atoms with van der Waals surface area (Å²) >= 11 is 13.7. The van der Waals surface area contributed by atoms with E-state index in [1.54, 1.807) is 24.3 Å². The van der Waals surface area contributed by atoms with Gasteiger partial charge in [0.25, 0.3) is 0 Å². The van der Waals surface area contributed by atoms with E-state index >= 15 is 0 Å². The first-order valence-electron chi connectivity index (χ1n) is 9.55. The van der Waals surface area contributed by atoms with Crippen LogP contribution in [-0.4, -0.2) is 11.8 Å². The fourth-order valence-corrected chi connectivity index (χ4v) is 6.34. The minimum absolute atomic E-state index is 0.197. The van der Waals surface area contributed by atoms with Gasteiger partial charge in [0.15, 0.2) is 0 Å². The standard InChI is InChI=1S/C24H15Cl2NO2/c25-17-11-5-6-12-18(17)27-22(28)20-19-13-7-1-3-9-15(13)24(26,21(20)23(27)29)16-10-4-2-8-14(16)19/h1-12,19-21H/t19?,20-,21+,24?/m1/s1. The molecule has 29 heavy (non-hydrogen) atoms. The van der Waals surface area contributed by atoms with Crippen LogP contribution in [0.1, 0.15) is 28.2 Å². The molecule has 1 fully saturated rings. The number of carbonyl (C=O) groups excluding carboxylic acids is 2. The molecule has 142 valence electrons. The van der Waals surface area contributed by atoms with Crippen LogP contribution in [-0.2, 0) is 14.5 Å². The predicted molar refractivity (Wildman–Crippen MR) is 112 cm³/mol. The van der Waals surface area contributed by atoms with Gasteiger partial charge in [0.1, 0.15) is 4.87 Å². The lowest BCUT2D eigenvalue weighted by atomic mass is 9.54. The van der Waals surface area contributed by atoms with Gasteiger partial charge in [-0.05, 0) is 34.4 Å². The van der Waals surface area contributed by atoms with Gasteiger partial charge in [-0.25, -0.2) is 4.90 Å². The highest BCUT2D eigenvalue weighted by Gasteiger charge is 2.68. The number of para-hydroxylation sites is 1. The van der Waals surface area contributed by atoms with E-state index in [0.717, 1.165) is 22.3 Å². The summed E-state index contributed by atoms with van der Waals surface area (Å²) in [7, 11) is 0. The number of hydrogen-bond donors (Lipinski definition) is 0. The fraction of sp³-hybridized carbons (Fsp3) is 0.167. The zero-order valence-corrected chi connectivity index (χ0v) is 16.7. The summed E-state index contributed by atoms with van der Waals surface area (Å²) in [6.07, 6.45) is 0. The topological polar surface area (TPSA) is 37.4 Å². The van der Waals surface area contributed by atoms with Crippen LogP contribution >= 0.6 is 23.2 Å². The number of amides is 2. The van der Waals surface area contributed by atoms with Gasteiger partial charge in [-0.15, -0.1) is 11.6 Å². The lowest BCUT2D eigenvalue weighted by Crippen LogP contribution is -2.50. The summed E-state index contributed by atoms with van der Waals surface area (Å²) in [5, 5.41) is 0.374. The van der Waals surface area contributed by atoms with Gasteiger partial charge in [0.2, 0.25) is 11.8 Å². The lowest BCUT2D eigenvalue weighted by molar-refractivity contribution is -0.122. The summed E-state index contributed by atoms with van der Waals surface area (Å²) in [4.78, 5) is 27.5. The molecule has 0 N–H and O–H groups in total. The van der Waals surface area contributed by atoms with E-state index in [0.29, 0.717) is 10.7 Å². The van der Waals surface area contributed by atoms with Crippen LogP contribution in [0.25, 0.3) is 0 Å². The summed E-state index contributed by atoms with van der Waals surface area (Å²) < 4.78 is 0. The van der Waals surface area contributed by atoms with Crippen molar-refractivity contribution in [2.45, 2.75) is 10.8 Å². The SMILES string of the molecule is O=C1[C@@H]2C3c4ccccc4C(Cl)(c4ccccc43)[C@@H]2C(=O)N1c1ccccc1Cl. The Kier molecular flexibility index (Phi) is 3.40. The Bertz CT molecular complexity index is 1170. The molecule has 1 saturated heterocycles. The van der Waals surface area contributed by atoms with Crippen molar-refractivity contribution in [2.75, 3.05) is 4.90 Å². The predicted octanol–water partition coefficient (Wildman–Crippen LogP) is 5.09. The van der Waals surface area contributed by atoms with Gasteiger partial charge < -0.3 is 0 Å². The smallest absolute Gasteiger partial charge is 0.240 e. The van der Waals surface area contributed by atoms with Gasteiger partial charge >= 0.3 is 0 Å². The van der Waals surface area contributed by atoms with E-state index in [1.807, 2.05) is 48.5 Å². The molecule has 3 aromatic carbocycles. The fourth-order valence-electron chi connectivity index (χ4n) is 5.55. The minimum Gasteiger partial charge on any atom is -0.274 e. The second kappa shape index (κ2) is 5.71. The normalized spacial score (nSPS) is 28.9. The molecule has 2 amide bonds. The van der Waals surface area contributed by atoms with Crippen molar-refractivity contribution in [3.05, 3.63) is 100 Å². The maximum atomic E-state index is 13.7. The van der Waals surface area contributed by atoms with Crippen molar-refractivity contribution in [2.24, 2.45) is 11.8 Å². The molecule has 2 atom stereocenters. The van der Waals surface area contributed by atoms with E-state index < -0.39 is 16.7 Å². The highest BCUT2D eigenvalue weighted by atomic mass is 35.5. The molecule has 0 saturated carbocycles. The Labute approximate surface area is 177 Å². The van der Waals surface area contributed by atoms with Crippen LogP contribution in [0.2, 0.25) is 5.02 Å². The number of halogens is 2. The molecule has 3 nitrogen and oxygen atoms in total. The van der Waals surface area contributed by atoms with E-state index in [1.165, 1.54) is 4.90 Å². The Hall–Kier alpha value is -2.62. The van der Waals surface area contributed by atoms with Crippen LogP contribution in [0.4, 0.5) is 5.69 Å². The quantitative estimate of drug-likeness (QED) is 0.407. The lowest BCUT2D eigenvalue weighted by Gasteiger charge is -2.50. The zero-order chi connectivity index (χ0) is 19.9. The Morgan fingerprint density at radius 2 is 1.31 bits per heavy atom. The summed E-state index contributed by atoms with van der Waals surface area (Å²) in [5.74, 6) is -1.91. The molecule has 3 aromatic rings. The van der Waals surface area contributed by atoms with Crippen LogP contribution in [0.3, 0.4) is 0 Å². The third-order valence-corrected chi connectivity index (χ3v) is 7.57. The first-order valence-corrected chi connectivity index (χ1v) is 10.3. The third kappa shape index (κ3) is 1.95. The Morgan fingerprint density at radius 3 is 1.93 bits per heavy atom. The summed E-state index contributed by atoms with van der Waals surface area (Å²) in [6, 6.07) is 22.8. The van der Waals surface area contributed by atoms with Crippen molar-refractivity contribution >= 4 is 40.7 Å². The van der Waals surface area contributed by atoms with Crippen molar-refractivity contribution in [1.82, 2.24) is 0 Å². The molecule has 0 unspecified atom stereocenters. The zero-order valence-electron chi connectivity index (χ0n) is 15.2. The van der Waals surface area contributed by atoms with Crippen molar-refractivity contribution in [1.29, 1.82) is 0 Å². The highest BCUT2D eigenvalue weighted by molar-refractivity contribution is 6.37. The minimum atomic E-state index is -1.07. The van der Waals surface area contributed by atoms with E-state index in [2.05, 4.69) is 0 Å². The summed E-state index contributed by atoms with van der Waals surface area (Å²) in [5.41, 5.74) is 4.34. The van der Waals surface area contributed by atoms with Gasteiger partial charge in [-0.3, -0.25) is 9.59 Å². The molecule has 0 radical (unpaired) electrons. The Balaban J connectivity index is 1.64. The van der Waals surface area contributed by atoms with Gasteiger partial charge in [0, 0.05) is 5.92 Å². The number of hydrogen-bond acceptors (Lipinski definition) is 2. The molecule has 2 bridgehead atoms. The molecule has 0 spiro atoms. The second-order valence-electron chi connectivity index (χ2n) is 7.83.